The molecular formula is C18H18F3N3O3. The summed E-state index contributed by atoms with van der Waals surface area (Å²) < 4.78 is 40.2. The van der Waals surface area contributed by atoms with E-state index in [4.69, 9.17) is 0 Å². The molecule has 0 spiro atoms. The van der Waals surface area contributed by atoms with Crippen LogP contribution in [-0.4, -0.2) is 23.2 Å². The topological polar surface area (TPSA) is 80.3 Å². The van der Waals surface area contributed by atoms with Crippen LogP contribution in [0.1, 0.15) is 35.0 Å². The standard InChI is InChI=1S/C18H18F3N3O3/c1-3-16(25)24-15-9-13(8-11(2)23-15)17(26)22-10-12-4-6-14(7-5-12)27-18(19,20)21/h4-9H,3,10H2,1-2H3,(H,22,26)(H,23,24,25). The molecule has 1 aromatic carbocycles. The second-order valence-electron chi connectivity index (χ2n) is 5.66. The number of aromatic nitrogens is 1. The van der Waals surface area contributed by atoms with Crippen molar-refractivity contribution in [3.8, 4) is 5.75 Å². The van der Waals surface area contributed by atoms with E-state index in [0.29, 0.717) is 16.8 Å². The first-order valence-corrected chi connectivity index (χ1v) is 8.07. The molecule has 2 rings (SSSR count). The zero-order chi connectivity index (χ0) is 20.0. The summed E-state index contributed by atoms with van der Waals surface area (Å²) in [4.78, 5) is 27.9. The van der Waals surface area contributed by atoms with Crippen molar-refractivity contribution in [1.29, 1.82) is 0 Å². The molecule has 0 bridgehead atoms. The molecule has 6 nitrogen and oxygen atoms in total. The van der Waals surface area contributed by atoms with Gasteiger partial charge >= 0.3 is 6.36 Å². The number of hydrogen-bond donors (Lipinski definition) is 2. The molecule has 2 amide bonds. The van der Waals surface area contributed by atoms with Crippen molar-refractivity contribution in [1.82, 2.24) is 10.3 Å². The van der Waals surface area contributed by atoms with Gasteiger partial charge < -0.3 is 15.4 Å². The fraction of sp³-hybridized carbons (Fsp3) is 0.278. The lowest BCUT2D eigenvalue weighted by atomic mass is 10.2. The van der Waals surface area contributed by atoms with Gasteiger partial charge in [0.15, 0.2) is 0 Å². The SMILES string of the molecule is CCC(=O)Nc1cc(C(=O)NCc2ccc(OC(F)(F)F)cc2)cc(C)n1. The van der Waals surface area contributed by atoms with Crippen LogP contribution in [0.4, 0.5) is 19.0 Å². The number of rotatable bonds is 6. The van der Waals surface area contributed by atoms with Crippen molar-refractivity contribution in [3.05, 3.63) is 53.2 Å². The summed E-state index contributed by atoms with van der Waals surface area (Å²) in [6, 6.07) is 8.21. The highest BCUT2D eigenvalue weighted by Gasteiger charge is 2.30. The van der Waals surface area contributed by atoms with Gasteiger partial charge in [-0.2, -0.15) is 0 Å². The van der Waals surface area contributed by atoms with Gasteiger partial charge in [0.05, 0.1) is 0 Å². The lowest BCUT2D eigenvalue weighted by Gasteiger charge is -2.10. The summed E-state index contributed by atoms with van der Waals surface area (Å²) in [5.41, 5.74) is 1.47. The number of carbonyl (C=O) groups excluding carboxylic acids is 2. The van der Waals surface area contributed by atoms with Gasteiger partial charge in [0.1, 0.15) is 11.6 Å². The van der Waals surface area contributed by atoms with Crippen LogP contribution in [0.2, 0.25) is 0 Å². The summed E-state index contributed by atoms with van der Waals surface area (Å²) in [7, 11) is 0. The number of alkyl halides is 3. The first-order chi connectivity index (χ1) is 12.7. The second-order valence-corrected chi connectivity index (χ2v) is 5.66. The van der Waals surface area contributed by atoms with Gasteiger partial charge in [-0.15, -0.1) is 13.2 Å². The Bertz CT molecular complexity index is 821. The molecule has 1 heterocycles. The number of hydrogen-bond acceptors (Lipinski definition) is 4. The highest BCUT2D eigenvalue weighted by molar-refractivity contribution is 5.96. The summed E-state index contributed by atoms with van der Waals surface area (Å²) in [6.45, 7) is 3.50. The number of amides is 2. The van der Waals surface area contributed by atoms with Crippen LogP contribution in [0, 0.1) is 6.92 Å². The Morgan fingerprint density at radius 1 is 1.15 bits per heavy atom. The Kier molecular flexibility index (Phi) is 6.38. The Balaban J connectivity index is 2.00. The van der Waals surface area contributed by atoms with E-state index in [2.05, 4.69) is 20.4 Å². The van der Waals surface area contributed by atoms with Crippen molar-refractivity contribution in [2.75, 3.05) is 5.32 Å². The van der Waals surface area contributed by atoms with E-state index in [9.17, 15) is 22.8 Å². The average molecular weight is 381 g/mol. The number of benzene rings is 1. The molecule has 0 aliphatic carbocycles. The van der Waals surface area contributed by atoms with Crippen LogP contribution in [0.3, 0.4) is 0 Å². The summed E-state index contributed by atoms with van der Waals surface area (Å²) in [5.74, 6) is -0.678. The predicted molar refractivity (Wildman–Crippen MR) is 92.2 cm³/mol. The number of halogens is 3. The maximum Gasteiger partial charge on any atom is 0.573 e. The molecule has 1 aromatic heterocycles. The van der Waals surface area contributed by atoms with Crippen LogP contribution in [0.25, 0.3) is 0 Å². The van der Waals surface area contributed by atoms with E-state index in [1.165, 1.54) is 30.3 Å². The molecule has 0 saturated carbocycles. The highest BCUT2D eigenvalue weighted by Crippen LogP contribution is 2.22. The minimum atomic E-state index is -4.75. The second kappa shape index (κ2) is 8.52. The molecule has 0 aliphatic heterocycles. The number of nitrogens with zero attached hydrogens (tertiary/aromatic N) is 1. The Hall–Kier alpha value is -3.10. The van der Waals surface area contributed by atoms with Crippen molar-refractivity contribution in [2.24, 2.45) is 0 Å². The zero-order valence-corrected chi connectivity index (χ0v) is 14.7. The van der Waals surface area contributed by atoms with Crippen LogP contribution in [0.15, 0.2) is 36.4 Å². The highest BCUT2D eigenvalue weighted by atomic mass is 19.4. The van der Waals surface area contributed by atoms with Gasteiger partial charge in [0.25, 0.3) is 5.91 Å². The molecule has 27 heavy (non-hydrogen) atoms. The van der Waals surface area contributed by atoms with Gasteiger partial charge in [0, 0.05) is 24.2 Å². The van der Waals surface area contributed by atoms with Gasteiger partial charge in [-0.1, -0.05) is 19.1 Å². The minimum absolute atomic E-state index is 0.114. The average Bonchev–Trinajstić information content (AvgIpc) is 2.59. The normalized spacial score (nSPS) is 11.0. The lowest BCUT2D eigenvalue weighted by molar-refractivity contribution is -0.274. The Labute approximate surface area is 153 Å². The molecule has 144 valence electrons. The molecule has 0 radical (unpaired) electrons. The molecule has 0 atom stereocenters. The molecule has 0 fully saturated rings. The van der Waals surface area contributed by atoms with Crippen molar-refractivity contribution >= 4 is 17.6 Å². The summed E-state index contributed by atoms with van der Waals surface area (Å²) in [6.07, 6.45) is -4.47. The molecule has 2 aromatic rings. The summed E-state index contributed by atoms with van der Waals surface area (Å²) >= 11 is 0. The van der Waals surface area contributed by atoms with Crippen molar-refractivity contribution < 1.29 is 27.5 Å². The van der Waals surface area contributed by atoms with Crippen LogP contribution in [0.5, 0.6) is 5.75 Å². The predicted octanol–water partition coefficient (Wildman–Crippen LogP) is 3.57. The monoisotopic (exact) mass is 381 g/mol. The first kappa shape index (κ1) is 20.2. The molecule has 9 heteroatoms. The Morgan fingerprint density at radius 3 is 2.41 bits per heavy atom. The van der Waals surface area contributed by atoms with Crippen LogP contribution < -0.4 is 15.4 Å². The third-order valence-corrected chi connectivity index (χ3v) is 3.41. The first-order valence-electron chi connectivity index (χ1n) is 8.07. The summed E-state index contributed by atoms with van der Waals surface area (Å²) in [5, 5.41) is 5.25. The van der Waals surface area contributed by atoms with E-state index in [0.717, 1.165) is 0 Å². The van der Waals surface area contributed by atoms with E-state index in [-0.39, 0.29) is 30.4 Å². The lowest BCUT2D eigenvalue weighted by Crippen LogP contribution is -2.23. The maximum absolute atomic E-state index is 12.3. The molecule has 0 unspecified atom stereocenters. The molecular weight excluding hydrogens is 363 g/mol. The Morgan fingerprint density at radius 2 is 1.81 bits per heavy atom. The third-order valence-electron chi connectivity index (χ3n) is 3.41. The number of anilines is 1. The quantitative estimate of drug-likeness (QED) is 0.802. The molecule has 0 saturated heterocycles. The molecule has 2 N–H and O–H groups in total. The van der Waals surface area contributed by atoms with Crippen molar-refractivity contribution in [3.63, 3.8) is 0 Å². The largest absolute Gasteiger partial charge is 0.573 e. The number of aryl methyl sites for hydroxylation is 1. The smallest absolute Gasteiger partial charge is 0.406 e. The number of nitrogens with one attached hydrogen (secondary N) is 2. The number of carbonyl (C=O) groups is 2. The van der Waals surface area contributed by atoms with E-state index in [1.807, 2.05) is 0 Å². The number of pyridine rings is 1. The fourth-order valence-corrected chi connectivity index (χ4v) is 2.19. The zero-order valence-electron chi connectivity index (χ0n) is 14.7. The van der Waals surface area contributed by atoms with Crippen molar-refractivity contribution in [2.45, 2.75) is 33.2 Å². The fourth-order valence-electron chi connectivity index (χ4n) is 2.19. The van der Waals surface area contributed by atoms with Gasteiger partial charge in [-0.25, -0.2) is 4.98 Å². The number of ether oxygens (including phenoxy) is 1. The van der Waals surface area contributed by atoms with E-state index < -0.39 is 12.3 Å². The third kappa shape index (κ3) is 6.61. The van der Waals surface area contributed by atoms with Crippen LogP contribution in [-0.2, 0) is 11.3 Å². The molecule has 0 aliphatic rings. The van der Waals surface area contributed by atoms with Gasteiger partial charge in [0.2, 0.25) is 5.91 Å². The van der Waals surface area contributed by atoms with Crippen LogP contribution >= 0.6 is 0 Å². The van der Waals surface area contributed by atoms with Gasteiger partial charge in [-0.3, -0.25) is 9.59 Å². The van der Waals surface area contributed by atoms with E-state index >= 15 is 0 Å². The van der Waals surface area contributed by atoms with Gasteiger partial charge in [-0.05, 0) is 36.8 Å². The maximum atomic E-state index is 12.3. The minimum Gasteiger partial charge on any atom is -0.406 e. The van der Waals surface area contributed by atoms with E-state index in [1.54, 1.807) is 19.9 Å².